The van der Waals surface area contributed by atoms with Gasteiger partial charge < -0.3 is 19.1 Å². The van der Waals surface area contributed by atoms with Crippen LogP contribution in [0.15, 0.2) is 60.8 Å². The SMILES string of the molecule is COCCn1c(Cc2c(F)cc(-c3ccnnc3OCc3ccc(C#N)cc3F)cc2F)nc2ccc(C(=O)O)cc21. The number of aromatic carboxylic acids is 1. The van der Waals surface area contributed by atoms with E-state index in [9.17, 15) is 14.3 Å². The number of carboxylic acid groups (broad SMARTS) is 1. The van der Waals surface area contributed by atoms with Gasteiger partial charge in [0.15, 0.2) is 0 Å². The first-order valence-corrected chi connectivity index (χ1v) is 12.6. The normalized spacial score (nSPS) is 11.0. The van der Waals surface area contributed by atoms with Gasteiger partial charge >= 0.3 is 5.97 Å². The molecule has 5 aromatic rings. The minimum atomic E-state index is -1.11. The molecule has 0 aliphatic rings. The zero-order valence-corrected chi connectivity index (χ0v) is 22.1. The molecule has 0 saturated heterocycles. The van der Waals surface area contributed by atoms with Crippen LogP contribution >= 0.6 is 0 Å². The smallest absolute Gasteiger partial charge is 0.335 e. The lowest BCUT2D eigenvalue weighted by molar-refractivity contribution is 0.0697. The molecule has 0 spiro atoms. The molecule has 9 nitrogen and oxygen atoms in total. The molecule has 0 fully saturated rings. The molecular weight excluding hydrogens is 551 g/mol. The second-order valence-electron chi connectivity index (χ2n) is 9.23. The van der Waals surface area contributed by atoms with Crippen LogP contribution in [-0.4, -0.2) is 44.5 Å². The summed E-state index contributed by atoms with van der Waals surface area (Å²) in [6, 6.07) is 13.9. The van der Waals surface area contributed by atoms with Crippen molar-refractivity contribution in [1.29, 1.82) is 5.26 Å². The molecule has 0 atom stereocenters. The van der Waals surface area contributed by atoms with Crippen LogP contribution in [0.1, 0.15) is 32.9 Å². The van der Waals surface area contributed by atoms with Crippen molar-refractivity contribution < 1.29 is 32.5 Å². The van der Waals surface area contributed by atoms with Gasteiger partial charge in [-0.2, -0.15) is 10.4 Å². The number of ether oxygens (including phenoxy) is 2. The molecular formula is C30H22F3N5O4. The zero-order chi connectivity index (χ0) is 29.8. The van der Waals surface area contributed by atoms with E-state index < -0.39 is 23.4 Å². The Morgan fingerprint density at radius 3 is 2.52 bits per heavy atom. The first kappa shape index (κ1) is 28.3. The highest BCUT2D eigenvalue weighted by molar-refractivity contribution is 5.92. The van der Waals surface area contributed by atoms with E-state index in [-0.39, 0.29) is 65.4 Å². The van der Waals surface area contributed by atoms with Crippen molar-refractivity contribution in [1.82, 2.24) is 19.7 Å². The fourth-order valence-electron chi connectivity index (χ4n) is 4.48. The maximum absolute atomic E-state index is 15.5. The number of hydrogen-bond acceptors (Lipinski definition) is 7. The molecule has 5 rings (SSSR count). The number of hydrogen-bond donors (Lipinski definition) is 1. The molecule has 1 N–H and O–H groups in total. The van der Waals surface area contributed by atoms with E-state index in [2.05, 4.69) is 15.2 Å². The highest BCUT2D eigenvalue weighted by Crippen LogP contribution is 2.32. The predicted octanol–water partition coefficient (Wildman–Crippen LogP) is 5.30. The molecule has 0 radical (unpaired) electrons. The van der Waals surface area contributed by atoms with Gasteiger partial charge in [-0.15, -0.1) is 5.10 Å². The Morgan fingerprint density at radius 1 is 1.05 bits per heavy atom. The van der Waals surface area contributed by atoms with Gasteiger partial charge in [0.05, 0.1) is 41.0 Å². The van der Waals surface area contributed by atoms with E-state index >= 15 is 8.78 Å². The molecule has 3 aromatic carbocycles. The van der Waals surface area contributed by atoms with Crippen LogP contribution < -0.4 is 4.74 Å². The Labute approximate surface area is 237 Å². The summed E-state index contributed by atoms with van der Waals surface area (Å²) < 4.78 is 57.7. The maximum Gasteiger partial charge on any atom is 0.335 e. The molecule has 0 bridgehead atoms. The summed E-state index contributed by atoms with van der Waals surface area (Å²) in [7, 11) is 1.51. The molecule has 0 aliphatic heterocycles. The molecule has 12 heteroatoms. The summed E-state index contributed by atoms with van der Waals surface area (Å²) in [5.74, 6) is -3.18. The van der Waals surface area contributed by atoms with Crippen LogP contribution in [0.25, 0.3) is 22.2 Å². The highest BCUT2D eigenvalue weighted by Gasteiger charge is 2.20. The van der Waals surface area contributed by atoms with Crippen molar-refractivity contribution in [3.05, 3.63) is 106 Å². The second kappa shape index (κ2) is 12.1. The minimum absolute atomic E-state index is 0.0558. The lowest BCUT2D eigenvalue weighted by atomic mass is 10.0. The number of fused-ring (bicyclic) bond motifs is 1. The molecule has 42 heavy (non-hydrogen) atoms. The van der Waals surface area contributed by atoms with E-state index in [1.807, 2.05) is 6.07 Å². The van der Waals surface area contributed by atoms with Crippen molar-refractivity contribution >= 4 is 17.0 Å². The summed E-state index contributed by atoms with van der Waals surface area (Å²) >= 11 is 0. The van der Waals surface area contributed by atoms with E-state index in [0.29, 0.717) is 16.9 Å². The summed E-state index contributed by atoms with van der Waals surface area (Å²) in [6.45, 7) is 0.299. The first-order chi connectivity index (χ1) is 20.3. The Hall–Kier alpha value is -5.28. The molecule has 0 unspecified atom stereocenters. The Bertz CT molecular complexity index is 1830. The maximum atomic E-state index is 15.5. The van der Waals surface area contributed by atoms with E-state index in [4.69, 9.17) is 14.7 Å². The van der Waals surface area contributed by atoms with Gasteiger partial charge in [0.1, 0.15) is 29.9 Å². The van der Waals surface area contributed by atoms with Crippen LogP contribution in [0.4, 0.5) is 13.2 Å². The standard InChI is InChI=1S/C30H22F3N5O4/c1-41-9-8-38-27-13-18(30(39)40)4-5-26(27)36-28(38)14-22-24(32)11-20(12-25(22)33)21-6-7-35-37-29(21)42-16-19-3-2-17(15-34)10-23(19)31/h2-7,10-13H,8-9,14,16H2,1H3,(H,39,40). The third-order valence-electron chi connectivity index (χ3n) is 6.61. The van der Waals surface area contributed by atoms with Crippen LogP contribution in [0.3, 0.4) is 0 Å². The first-order valence-electron chi connectivity index (χ1n) is 12.6. The fraction of sp³-hybridized carbons (Fsp3) is 0.167. The predicted molar refractivity (Wildman–Crippen MR) is 144 cm³/mol. The number of carboxylic acids is 1. The average Bonchev–Trinajstić information content (AvgIpc) is 3.33. The third kappa shape index (κ3) is 5.77. The minimum Gasteiger partial charge on any atom is -0.478 e. The van der Waals surface area contributed by atoms with Gasteiger partial charge in [-0.05, 0) is 54.1 Å². The van der Waals surface area contributed by atoms with Crippen LogP contribution in [0.2, 0.25) is 0 Å². The van der Waals surface area contributed by atoms with E-state index in [0.717, 1.165) is 18.2 Å². The molecule has 0 aliphatic carbocycles. The fourth-order valence-corrected chi connectivity index (χ4v) is 4.48. The number of nitriles is 1. The monoisotopic (exact) mass is 573 g/mol. The largest absolute Gasteiger partial charge is 0.478 e. The third-order valence-corrected chi connectivity index (χ3v) is 6.61. The molecule has 0 saturated carbocycles. The summed E-state index contributed by atoms with van der Waals surface area (Å²) in [4.78, 5) is 16.0. The highest BCUT2D eigenvalue weighted by atomic mass is 19.1. The van der Waals surface area contributed by atoms with Gasteiger partial charge in [-0.1, -0.05) is 6.07 Å². The molecule has 0 amide bonds. The van der Waals surface area contributed by atoms with Gasteiger partial charge in [0.2, 0.25) is 5.88 Å². The van der Waals surface area contributed by atoms with Crippen molar-refractivity contribution in [3.63, 3.8) is 0 Å². The Kier molecular flexibility index (Phi) is 8.12. The van der Waals surface area contributed by atoms with Crippen molar-refractivity contribution in [2.24, 2.45) is 0 Å². The lowest BCUT2D eigenvalue weighted by Crippen LogP contribution is -2.11. The van der Waals surface area contributed by atoms with E-state index in [1.165, 1.54) is 43.6 Å². The topological polar surface area (TPSA) is 123 Å². The van der Waals surface area contributed by atoms with Gasteiger partial charge in [0, 0.05) is 36.8 Å². The number of methoxy groups -OCH3 is 1. The van der Waals surface area contributed by atoms with Gasteiger partial charge in [0.25, 0.3) is 0 Å². The number of nitrogens with zero attached hydrogens (tertiary/aromatic N) is 5. The van der Waals surface area contributed by atoms with Crippen LogP contribution in [-0.2, 0) is 24.3 Å². The molecule has 212 valence electrons. The van der Waals surface area contributed by atoms with Crippen molar-refractivity contribution in [3.8, 4) is 23.1 Å². The van der Waals surface area contributed by atoms with Gasteiger partial charge in [-0.3, -0.25) is 0 Å². The summed E-state index contributed by atoms with van der Waals surface area (Å²) in [5, 5.41) is 26.0. The van der Waals surface area contributed by atoms with Crippen molar-refractivity contribution in [2.75, 3.05) is 13.7 Å². The molecule has 2 aromatic heterocycles. The number of imidazole rings is 1. The second-order valence-corrected chi connectivity index (χ2v) is 9.23. The number of aromatic nitrogens is 4. The summed E-state index contributed by atoms with van der Waals surface area (Å²) in [6.07, 6.45) is 1.12. The lowest BCUT2D eigenvalue weighted by Gasteiger charge is -2.13. The van der Waals surface area contributed by atoms with Gasteiger partial charge in [-0.25, -0.2) is 22.9 Å². The quantitative estimate of drug-likeness (QED) is 0.239. The number of carbonyl (C=O) groups is 1. The average molecular weight is 574 g/mol. The Balaban J connectivity index is 1.45. The number of halogens is 3. The number of benzene rings is 3. The number of rotatable bonds is 10. The van der Waals surface area contributed by atoms with Crippen LogP contribution in [0.5, 0.6) is 5.88 Å². The van der Waals surface area contributed by atoms with Crippen LogP contribution in [0, 0.1) is 28.8 Å². The Morgan fingerprint density at radius 2 is 1.83 bits per heavy atom. The van der Waals surface area contributed by atoms with E-state index in [1.54, 1.807) is 10.6 Å². The van der Waals surface area contributed by atoms with Crippen molar-refractivity contribution in [2.45, 2.75) is 19.6 Å². The molecule has 2 heterocycles. The zero-order valence-electron chi connectivity index (χ0n) is 22.1. The summed E-state index contributed by atoms with van der Waals surface area (Å²) in [5.41, 5.74) is 1.46.